The Morgan fingerprint density at radius 2 is 2.38 bits per heavy atom. The molecule has 6 nitrogen and oxygen atoms in total. The van der Waals surface area contributed by atoms with E-state index in [4.69, 9.17) is 5.11 Å². The molecule has 0 atom stereocenters. The van der Waals surface area contributed by atoms with Gasteiger partial charge in [0.2, 0.25) is 0 Å². The van der Waals surface area contributed by atoms with E-state index in [1.54, 1.807) is 6.20 Å². The largest absolute Gasteiger partial charge is 0.434 e. The minimum Gasteiger partial charge on any atom is -0.396 e. The van der Waals surface area contributed by atoms with E-state index >= 15 is 0 Å². The molecule has 0 saturated heterocycles. The van der Waals surface area contributed by atoms with Crippen molar-refractivity contribution >= 4 is 5.95 Å². The fourth-order valence-electron chi connectivity index (χ4n) is 1.04. The van der Waals surface area contributed by atoms with Crippen LogP contribution in [0.2, 0.25) is 0 Å². The summed E-state index contributed by atoms with van der Waals surface area (Å²) in [5.41, 5.74) is 0. The highest BCUT2D eigenvalue weighted by Crippen LogP contribution is 2.08. The molecule has 0 fully saturated rings. The van der Waals surface area contributed by atoms with Gasteiger partial charge in [0.15, 0.2) is 0 Å². The zero-order valence-electron chi connectivity index (χ0n) is 7.09. The summed E-state index contributed by atoms with van der Waals surface area (Å²) in [5.74, 6) is -0.141. The number of aliphatic hydroxyl groups excluding tert-OH is 1. The molecule has 0 radical (unpaired) electrons. The molecule has 1 rings (SSSR count). The summed E-state index contributed by atoms with van der Waals surface area (Å²) in [7, 11) is 0. The quantitative estimate of drug-likeness (QED) is 0.413. The number of aromatic nitrogens is 2. The third-order valence-electron chi connectivity index (χ3n) is 1.66. The van der Waals surface area contributed by atoms with Crippen molar-refractivity contribution in [2.75, 3.05) is 6.61 Å². The Kier molecular flexibility index (Phi) is 3.39. The van der Waals surface area contributed by atoms with Gasteiger partial charge in [-0.05, 0) is 17.8 Å². The van der Waals surface area contributed by atoms with Crippen molar-refractivity contribution in [2.24, 2.45) is 0 Å². The SMILES string of the molecule is O=[N+]([O-])c1nccn1CCCCO. The molecule has 0 amide bonds. The van der Waals surface area contributed by atoms with E-state index in [1.165, 1.54) is 10.8 Å². The molecule has 0 unspecified atom stereocenters. The molecule has 0 aliphatic carbocycles. The highest BCUT2D eigenvalue weighted by molar-refractivity contribution is 5.06. The van der Waals surface area contributed by atoms with Crippen molar-refractivity contribution in [1.82, 2.24) is 9.55 Å². The maximum absolute atomic E-state index is 10.4. The van der Waals surface area contributed by atoms with Crippen LogP contribution in [-0.2, 0) is 6.54 Å². The molecule has 6 heteroatoms. The number of hydrogen-bond acceptors (Lipinski definition) is 4. The van der Waals surface area contributed by atoms with Gasteiger partial charge in [-0.2, -0.15) is 0 Å². The number of nitrogens with zero attached hydrogens (tertiary/aromatic N) is 3. The van der Waals surface area contributed by atoms with Gasteiger partial charge in [0.1, 0.15) is 12.4 Å². The van der Waals surface area contributed by atoms with Crippen molar-refractivity contribution in [3.05, 3.63) is 22.5 Å². The number of aryl methyl sites for hydroxylation is 1. The van der Waals surface area contributed by atoms with Gasteiger partial charge < -0.3 is 15.2 Å². The second-order valence-electron chi connectivity index (χ2n) is 2.61. The fourth-order valence-corrected chi connectivity index (χ4v) is 1.04. The third-order valence-corrected chi connectivity index (χ3v) is 1.66. The highest BCUT2D eigenvalue weighted by Gasteiger charge is 2.12. The van der Waals surface area contributed by atoms with Crippen molar-refractivity contribution in [1.29, 1.82) is 0 Å². The second-order valence-corrected chi connectivity index (χ2v) is 2.61. The standard InChI is InChI=1S/C7H11N3O3/c11-6-2-1-4-9-5-3-8-7(9)10(12)13/h3,5,11H,1-2,4,6H2. The van der Waals surface area contributed by atoms with E-state index < -0.39 is 4.92 Å². The number of aliphatic hydroxyl groups is 1. The Bertz CT molecular complexity index is 284. The van der Waals surface area contributed by atoms with E-state index in [2.05, 4.69) is 4.98 Å². The summed E-state index contributed by atoms with van der Waals surface area (Å²) >= 11 is 0. The Morgan fingerprint density at radius 3 is 3.00 bits per heavy atom. The van der Waals surface area contributed by atoms with Gasteiger partial charge >= 0.3 is 5.95 Å². The number of rotatable bonds is 5. The molecule has 0 aromatic carbocycles. The predicted molar refractivity (Wildman–Crippen MR) is 45.2 cm³/mol. The molecule has 0 saturated carbocycles. The molecule has 0 spiro atoms. The fraction of sp³-hybridized carbons (Fsp3) is 0.571. The van der Waals surface area contributed by atoms with Crippen molar-refractivity contribution in [2.45, 2.75) is 19.4 Å². The van der Waals surface area contributed by atoms with Gasteiger partial charge in [-0.3, -0.25) is 0 Å². The topological polar surface area (TPSA) is 81.2 Å². The summed E-state index contributed by atoms with van der Waals surface area (Å²) in [5, 5.41) is 18.9. The van der Waals surface area contributed by atoms with Crippen LogP contribution in [-0.4, -0.2) is 26.2 Å². The van der Waals surface area contributed by atoms with Crippen LogP contribution in [0.25, 0.3) is 0 Å². The predicted octanol–water partition coefficient (Wildman–Crippen LogP) is 0.564. The monoisotopic (exact) mass is 185 g/mol. The molecule has 72 valence electrons. The van der Waals surface area contributed by atoms with Gasteiger partial charge in [-0.15, -0.1) is 0 Å². The molecule has 0 aliphatic rings. The minimum absolute atomic E-state index is 0.114. The van der Waals surface area contributed by atoms with Gasteiger partial charge in [0.25, 0.3) is 0 Å². The number of imidazole rings is 1. The summed E-state index contributed by atoms with van der Waals surface area (Å²) in [4.78, 5) is 13.5. The molecular weight excluding hydrogens is 174 g/mol. The smallest absolute Gasteiger partial charge is 0.396 e. The molecule has 13 heavy (non-hydrogen) atoms. The third kappa shape index (κ3) is 2.51. The lowest BCUT2D eigenvalue weighted by Gasteiger charge is -1.99. The maximum Gasteiger partial charge on any atom is 0.434 e. The van der Waals surface area contributed by atoms with E-state index in [0.29, 0.717) is 19.4 Å². The van der Waals surface area contributed by atoms with Crippen LogP contribution < -0.4 is 0 Å². The van der Waals surface area contributed by atoms with E-state index in [-0.39, 0.29) is 12.6 Å². The first-order valence-electron chi connectivity index (χ1n) is 4.02. The van der Waals surface area contributed by atoms with Gasteiger partial charge in [0, 0.05) is 6.61 Å². The Morgan fingerprint density at radius 1 is 1.62 bits per heavy atom. The summed E-state index contributed by atoms with van der Waals surface area (Å²) in [6.07, 6.45) is 4.33. The van der Waals surface area contributed by atoms with E-state index in [0.717, 1.165) is 0 Å². The Labute approximate surface area is 75.0 Å². The minimum atomic E-state index is -0.515. The lowest BCUT2D eigenvalue weighted by molar-refractivity contribution is -0.396. The first-order chi connectivity index (χ1) is 6.25. The molecule has 0 bridgehead atoms. The van der Waals surface area contributed by atoms with Gasteiger partial charge in [0.05, 0.1) is 6.54 Å². The van der Waals surface area contributed by atoms with Crippen LogP contribution in [0.15, 0.2) is 12.4 Å². The molecule has 0 aliphatic heterocycles. The van der Waals surface area contributed by atoms with Crippen LogP contribution in [0.5, 0.6) is 0 Å². The molecule has 1 aromatic rings. The Balaban J connectivity index is 2.55. The lowest BCUT2D eigenvalue weighted by atomic mass is 10.3. The zero-order valence-corrected chi connectivity index (χ0v) is 7.09. The number of hydrogen-bond donors (Lipinski definition) is 1. The van der Waals surface area contributed by atoms with Gasteiger partial charge in [-0.1, -0.05) is 4.98 Å². The van der Waals surface area contributed by atoms with Crippen LogP contribution in [0.1, 0.15) is 12.8 Å². The van der Waals surface area contributed by atoms with Crippen molar-refractivity contribution < 1.29 is 10.0 Å². The van der Waals surface area contributed by atoms with Crippen molar-refractivity contribution in [3.8, 4) is 0 Å². The summed E-state index contributed by atoms with van der Waals surface area (Å²) in [6.45, 7) is 0.638. The molecule has 1 N–H and O–H groups in total. The van der Waals surface area contributed by atoms with Crippen LogP contribution in [0.4, 0.5) is 5.95 Å². The molecule has 1 heterocycles. The van der Waals surface area contributed by atoms with Gasteiger partial charge in [-0.25, -0.2) is 4.57 Å². The highest BCUT2D eigenvalue weighted by atomic mass is 16.6. The first-order valence-corrected chi connectivity index (χ1v) is 4.02. The van der Waals surface area contributed by atoms with Crippen LogP contribution >= 0.6 is 0 Å². The van der Waals surface area contributed by atoms with Crippen LogP contribution in [0.3, 0.4) is 0 Å². The lowest BCUT2D eigenvalue weighted by Crippen LogP contribution is -2.03. The maximum atomic E-state index is 10.4. The van der Waals surface area contributed by atoms with E-state index in [1.807, 2.05) is 0 Å². The average molecular weight is 185 g/mol. The van der Waals surface area contributed by atoms with Crippen molar-refractivity contribution in [3.63, 3.8) is 0 Å². The van der Waals surface area contributed by atoms with E-state index in [9.17, 15) is 10.1 Å². The average Bonchev–Trinajstić information content (AvgIpc) is 2.53. The number of nitro groups is 1. The number of unbranched alkanes of at least 4 members (excludes halogenated alkanes) is 1. The summed E-state index contributed by atoms with van der Waals surface area (Å²) in [6, 6.07) is 0. The van der Waals surface area contributed by atoms with Crippen LogP contribution in [0, 0.1) is 10.1 Å². The second kappa shape index (κ2) is 4.56. The molecule has 1 aromatic heterocycles. The Hall–Kier alpha value is -1.43. The zero-order chi connectivity index (χ0) is 9.68. The summed E-state index contributed by atoms with van der Waals surface area (Å²) < 4.78 is 1.47. The first kappa shape index (κ1) is 9.66. The molecular formula is C7H11N3O3. The normalized spacial score (nSPS) is 10.2.